The molecule has 0 unspecified atom stereocenters. The molecule has 0 bridgehead atoms. The third kappa shape index (κ3) is 8.20. The van der Waals surface area contributed by atoms with E-state index in [1.54, 1.807) is 7.11 Å². The molecule has 2 N–H and O–H groups in total. The van der Waals surface area contributed by atoms with Gasteiger partial charge in [0.2, 0.25) is 5.91 Å². The molecule has 164 valence electrons. The van der Waals surface area contributed by atoms with Crippen molar-refractivity contribution >= 4 is 47.4 Å². The van der Waals surface area contributed by atoms with Gasteiger partial charge in [0.25, 0.3) is 0 Å². The summed E-state index contributed by atoms with van der Waals surface area (Å²) in [6, 6.07) is 6.06. The summed E-state index contributed by atoms with van der Waals surface area (Å²) in [4.78, 5) is 18.8. The minimum absolute atomic E-state index is 0. The number of nitrogens with zero attached hydrogens (tertiary/aromatic N) is 2. The van der Waals surface area contributed by atoms with Crippen molar-refractivity contribution in [1.29, 1.82) is 0 Å². The maximum atomic E-state index is 12.1. The number of benzene rings is 1. The minimum atomic E-state index is 0. The number of guanidine groups is 1. The van der Waals surface area contributed by atoms with Gasteiger partial charge in [0.1, 0.15) is 5.75 Å². The van der Waals surface area contributed by atoms with Crippen LogP contribution in [0.2, 0.25) is 5.02 Å². The molecule has 8 heteroatoms. The highest BCUT2D eigenvalue weighted by atomic mass is 127. The second kappa shape index (κ2) is 13.2. The summed E-state index contributed by atoms with van der Waals surface area (Å²) in [6.07, 6.45) is 2.64. The second-order valence-corrected chi connectivity index (χ2v) is 7.77. The van der Waals surface area contributed by atoms with E-state index >= 15 is 0 Å². The molecule has 0 saturated carbocycles. The van der Waals surface area contributed by atoms with Crippen molar-refractivity contribution < 1.29 is 9.53 Å². The Bertz CT molecular complexity index is 677. The zero-order valence-electron chi connectivity index (χ0n) is 17.8. The van der Waals surface area contributed by atoms with Crippen LogP contribution in [0, 0.1) is 5.92 Å². The number of amides is 1. The van der Waals surface area contributed by atoms with E-state index in [0.29, 0.717) is 17.6 Å². The molecule has 2 rings (SSSR count). The van der Waals surface area contributed by atoms with Gasteiger partial charge >= 0.3 is 0 Å². The molecule has 0 spiro atoms. The van der Waals surface area contributed by atoms with Crippen LogP contribution in [-0.4, -0.2) is 56.1 Å². The lowest BCUT2D eigenvalue weighted by atomic mass is 10.0. The van der Waals surface area contributed by atoms with Crippen molar-refractivity contribution in [2.75, 3.05) is 33.3 Å². The van der Waals surface area contributed by atoms with Crippen molar-refractivity contribution in [3.8, 4) is 5.75 Å². The molecule has 0 radical (unpaired) electrons. The number of halogens is 2. The number of ether oxygens (including phenoxy) is 1. The highest BCUT2D eigenvalue weighted by Crippen LogP contribution is 2.22. The number of hydrogen-bond acceptors (Lipinski definition) is 3. The fourth-order valence-corrected chi connectivity index (χ4v) is 3.53. The van der Waals surface area contributed by atoms with Gasteiger partial charge in [-0.2, -0.15) is 0 Å². The van der Waals surface area contributed by atoms with Crippen molar-refractivity contribution in [3.05, 3.63) is 28.8 Å². The van der Waals surface area contributed by atoms with E-state index in [1.807, 2.05) is 36.9 Å². The lowest BCUT2D eigenvalue weighted by molar-refractivity contribution is -0.135. The molecule has 1 aliphatic rings. The largest absolute Gasteiger partial charge is 0.497 e. The van der Waals surface area contributed by atoms with Gasteiger partial charge in [-0.3, -0.25) is 9.79 Å². The maximum absolute atomic E-state index is 12.1. The maximum Gasteiger partial charge on any atom is 0.225 e. The minimum Gasteiger partial charge on any atom is -0.497 e. The Morgan fingerprint density at radius 2 is 2.03 bits per heavy atom. The molecular weight excluding hydrogens is 503 g/mol. The molecule has 1 fully saturated rings. The number of rotatable bonds is 7. The fourth-order valence-electron chi connectivity index (χ4n) is 3.27. The smallest absolute Gasteiger partial charge is 0.225 e. The van der Waals surface area contributed by atoms with Gasteiger partial charge in [-0.15, -0.1) is 24.0 Å². The number of carbonyl (C=O) groups is 1. The standard InChI is InChI=1S/C21H33ClN4O2.HI/c1-5-23-21(24-11-8-16-6-7-18(28-4)14-19(16)22)25-17-9-12-26(13-10-17)20(27)15(2)3;/h6-7,14-15,17H,5,8-13H2,1-4H3,(H2,23,24,25);1H. The second-order valence-electron chi connectivity index (χ2n) is 7.37. The SMILES string of the molecule is CCNC(=NCCc1ccc(OC)cc1Cl)NC1CCN(C(=O)C(C)C)CC1.I. The van der Waals surface area contributed by atoms with Gasteiger partial charge in [0.15, 0.2) is 5.96 Å². The number of hydrogen-bond donors (Lipinski definition) is 2. The number of likely N-dealkylation sites (tertiary alicyclic amines) is 1. The number of piperidine rings is 1. The van der Waals surface area contributed by atoms with Gasteiger partial charge in [-0.25, -0.2) is 0 Å². The van der Waals surface area contributed by atoms with Crippen molar-refractivity contribution in [1.82, 2.24) is 15.5 Å². The van der Waals surface area contributed by atoms with Gasteiger partial charge in [0, 0.05) is 43.2 Å². The van der Waals surface area contributed by atoms with Crippen LogP contribution in [0.1, 0.15) is 39.2 Å². The average molecular weight is 537 g/mol. The highest BCUT2D eigenvalue weighted by Gasteiger charge is 2.24. The Kier molecular flexibility index (Phi) is 11.7. The Morgan fingerprint density at radius 3 is 2.59 bits per heavy atom. The fraction of sp³-hybridized carbons (Fsp3) is 0.619. The molecule has 1 saturated heterocycles. The Balaban J connectivity index is 0.00000420. The summed E-state index contributed by atoms with van der Waals surface area (Å²) in [6.45, 7) is 9.02. The van der Waals surface area contributed by atoms with Crippen LogP contribution in [-0.2, 0) is 11.2 Å². The zero-order valence-corrected chi connectivity index (χ0v) is 20.9. The monoisotopic (exact) mass is 536 g/mol. The van der Waals surface area contributed by atoms with Crippen LogP contribution in [0.4, 0.5) is 0 Å². The van der Waals surface area contributed by atoms with E-state index in [2.05, 4.69) is 17.6 Å². The third-order valence-electron chi connectivity index (χ3n) is 4.90. The lowest BCUT2D eigenvalue weighted by Crippen LogP contribution is -2.50. The molecule has 6 nitrogen and oxygen atoms in total. The molecule has 1 aromatic carbocycles. The molecule has 1 aromatic rings. The van der Waals surface area contributed by atoms with Gasteiger partial charge < -0.3 is 20.3 Å². The first-order valence-corrected chi connectivity index (χ1v) is 10.5. The van der Waals surface area contributed by atoms with Gasteiger partial charge in [0.05, 0.1) is 7.11 Å². The topological polar surface area (TPSA) is 66.0 Å². The molecule has 0 aromatic heterocycles. The first-order valence-electron chi connectivity index (χ1n) is 10.1. The highest BCUT2D eigenvalue weighted by molar-refractivity contribution is 14.0. The van der Waals surface area contributed by atoms with Crippen LogP contribution in [0.25, 0.3) is 0 Å². The molecule has 1 aliphatic heterocycles. The quantitative estimate of drug-likeness (QED) is 0.317. The number of aliphatic imine (C=N–C) groups is 1. The summed E-state index contributed by atoms with van der Waals surface area (Å²) in [5, 5.41) is 7.52. The Labute approximate surface area is 196 Å². The molecule has 1 amide bonds. The molecule has 29 heavy (non-hydrogen) atoms. The predicted octanol–water partition coefficient (Wildman–Crippen LogP) is 3.71. The number of nitrogens with one attached hydrogen (secondary N) is 2. The van der Waals surface area contributed by atoms with Crippen molar-refractivity contribution in [2.24, 2.45) is 10.9 Å². The average Bonchev–Trinajstić information content (AvgIpc) is 2.69. The summed E-state index contributed by atoms with van der Waals surface area (Å²) in [5.41, 5.74) is 1.06. The van der Waals surface area contributed by atoms with Crippen LogP contribution in [0.15, 0.2) is 23.2 Å². The summed E-state index contributed by atoms with van der Waals surface area (Å²) in [5.74, 6) is 1.89. The van der Waals surface area contributed by atoms with Crippen LogP contribution in [0.5, 0.6) is 5.75 Å². The first kappa shape index (κ1) is 25.8. The van der Waals surface area contributed by atoms with Crippen LogP contribution >= 0.6 is 35.6 Å². The molecule has 0 aliphatic carbocycles. The number of methoxy groups -OCH3 is 1. The Hall–Kier alpha value is -1.22. The van der Waals surface area contributed by atoms with Crippen LogP contribution < -0.4 is 15.4 Å². The summed E-state index contributed by atoms with van der Waals surface area (Å²) in [7, 11) is 1.63. The molecule has 0 atom stereocenters. The van der Waals surface area contributed by atoms with E-state index < -0.39 is 0 Å². The third-order valence-corrected chi connectivity index (χ3v) is 5.25. The summed E-state index contributed by atoms with van der Waals surface area (Å²) >= 11 is 6.31. The van der Waals surface area contributed by atoms with Gasteiger partial charge in [-0.1, -0.05) is 31.5 Å². The van der Waals surface area contributed by atoms with E-state index in [0.717, 1.165) is 56.2 Å². The predicted molar refractivity (Wildman–Crippen MR) is 131 cm³/mol. The van der Waals surface area contributed by atoms with E-state index in [-0.39, 0.29) is 35.8 Å². The number of carbonyl (C=O) groups excluding carboxylic acids is 1. The van der Waals surface area contributed by atoms with E-state index in [1.165, 1.54) is 0 Å². The first-order chi connectivity index (χ1) is 13.4. The van der Waals surface area contributed by atoms with Gasteiger partial charge in [-0.05, 0) is 43.9 Å². The van der Waals surface area contributed by atoms with Crippen molar-refractivity contribution in [2.45, 2.75) is 46.1 Å². The normalized spacial score (nSPS) is 15.1. The van der Waals surface area contributed by atoms with E-state index in [9.17, 15) is 4.79 Å². The van der Waals surface area contributed by atoms with Crippen LogP contribution in [0.3, 0.4) is 0 Å². The molecular formula is C21H34ClIN4O2. The Morgan fingerprint density at radius 1 is 1.34 bits per heavy atom. The zero-order chi connectivity index (χ0) is 20.5. The molecule has 1 heterocycles. The van der Waals surface area contributed by atoms with E-state index in [4.69, 9.17) is 21.3 Å². The lowest BCUT2D eigenvalue weighted by Gasteiger charge is -2.34. The van der Waals surface area contributed by atoms with Crippen molar-refractivity contribution in [3.63, 3.8) is 0 Å². The summed E-state index contributed by atoms with van der Waals surface area (Å²) < 4.78 is 5.19.